The summed E-state index contributed by atoms with van der Waals surface area (Å²) in [7, 11) is 0. The quantitative estimate of drug-likeness (QED) is 0.459. The third-order valence-electron chi connectivity index (χ3n) is 1.93. The number of rotatable bonds is 6. The molecule has 3 N–H and O–H groups in total. The predicted molar refractivity (Wildman–Crippen MR) is 66.6 cm³/mol. The largest absolute Gasteiger partial charge is 0.370 e. The SMILES string of the molecule is NCCOCC(=O)Nc1ccc([N+](=O)[O-])cc1Cl. The number of hydrogen-bond acceptors (Lipinski definition) is 5. The van der Waals surface area contributed by atoms with E-state index in [0.717, 1.165) is 6.07 Å². The van der Waals surface area contributed by atoms with Crippen molar-refractivity contribution >= 4 is 28.9 Å². The Hall–Kier alpha value is -1.70. The third-order valence-corrected chi connectivity index (χ3v) is 2.25. The van der Waals surface area contributed by atoms with Gasteiger partial charge in [-0.25, -0.2) is 0 Å². The van der Waals surface area contributed by atoms with E-state index in [1.165, 1.54) is 12.1 Å². The molecule has 0 fully saturated rings. The van der Waals surface area contributed by atoms with E-state index in [9.17, 15) is 14.9 Å². The average molecular weight is 274 g/mol. The molecule has 98 valence electrons. The summed E-state index contributed by atoms with van der Waals surface area (Å²) in [5, 5.41) is 13.1. The van der Waals surface area contributed by atoms with Gasteiger partial charge >= 0.3 is 0 Å². The van der Waals surface area contributed by atoms with E-state index in [1.54, 1.807) is 0 Å². The lowest BCUT2D eigenvalue weighted by Gasteiger charge is -2.07. The lowest BCUT2D eigenvalue weighted by atomic mass is 10.3. The van der Waals surface area contributed by atoms with E-state index in [1.807, 2.05) is 0 Å². The fraction of sp³-hybridized carbons (Fsp3) is 0.300. The summed E-state index contributed by atoms with van der Waals surface area (Å²) in [6, 6.07) is 3.78. The van der Waals surface area contributed by atoms with Crippen LogP contribution in [0.3, 0.4) is 0 Å². The Bertz CT molecular complexity index is 453. The summed E-state index contributed by atoms with van der Waals surface area (Å²) in [5.41, 5.74) is 5.35. The van der Waals surface area contributed by atoms with Crippen LogP contribution in [0.2, 0.25) is 5.02 Å². The number of benzene rings is 1. The fourth-order valence-electron chi connectivity index (χ4n) is 1.15. The number of halogens is 1. The molecule has 0 atom stereocenters. The zero-order valence-corrected chi connectivity index (χ0v) is 10.1. The standard InChI is InChI=1S/C10H12ClN3O4/c11-8-5-7(14(16)17)1-2-9(8)13-10(15)6-18-4-3-12/h1-2,5H,3-4,6,12H2,(H,13,15). The molecular weight excluding hydrogens is 262 g/mol. The highest BCUT2D eigenvalue weighted by atomic mass is 35.5. The number of ether oxygens (including phenoxy) is 1. The van der Waals surface area contributed by atoms with Gasteiger partial charge in [0.2, 0.25) is 5.91 Å². The number of nitro groups is 1. The van der Waals surface area contributed by atoms with Crippen LogP contribution in [0.25, 0.3) is 0 Å². The topological polar surface area (TPSA) is 107 Å². The minimum Gasteiger partial charge on any atom is -0.370 e. The van der Waals surface area contributed by atoms with Crippen molar-refractivity contribution in [3.05, 3.63) is 33.3 Å². The molecule has 0 aliphatic heterocycles. The van der Waals surface area contributed by atoms with Crippen molar-refractivity contribution in [1.29, 1.82) is 0 Å². The summed E-state index contributed by atoms with van der Waals surface area (Å²) in [6.45, 7) is 0.456. The van der Waals surface area contributed by atoms with Crippen LogP contribution in [-0.4, -0.2) is 30.6 Å². The molecule has 0 aliphatic rings. The molecule has 1 amide bonds. The Morgan fingerprint density at radius 1 is 1.56 bits per heavy atom. The zero-order chi connectivity index (χ0) is 13.5. The van der Waals surface area contributed by atoms with Crippen molar-refractivity contribution in [2.24, 2.45) is 5.73 Å². The molecule has 1 aromatic rings. The Labute approximate surface area is 108 Å². The number of nitrogens with one attached hydrogen (secondary N) is 1. The van der Waals surface area contributed by atoms with Crippen molar-refractivity contribution in [3.8, 4) is 0 Å². The monoisotopic (exact) mass is 273 g/mol. The highest BCUT2D eigenvalue weighted by Gasteiger charge is 2.11. The smallest absolute Gasteiger partial charge is 0.271 e. The van der Waals surface area contributed by atoms with Gasteiger partial charge in [-0.3, -0.25) is 14.9 Å². The Morgan fingerprint density at radius 2 is 2.28 bits per heavy atom. The number of nitrogens with two attached hydrogens (primary N) is 1. The number of carbonyl (C=O) groups excluding carboxylic acids is 1. The third kappa shape index (κ3) is 4.28. The van der Waals surface area contributed by atoms with Gasteiger partial charge in [0.05, 0.1) is 22.2 Å². The maximum absolute atomic E-state index is 11.4. The molecule has 0 heterocycles. The lowest BCUT2D eigenvalue weighted by molar-refractivity contribution is -0.384. The molecule has 7 nitrogen and oxygen atoms in total. The normalized spacial score (nSPS) is 10.1. The van der Waals surface area contributed by atoms with Gasteiger partial charge < -0.3 is 15.8 Å². The summed E-state index contributed by atoms with van der Waals surface area (Å²) in [5.74, 6) is -0.404. The molecule has 1 aromatic carbocycles. The van der Waals surface area contributed by atoms with Gasteiger partial charge in [0.25, 0.3) is 5.69 Å². The fourth-order valence-corrected chi connectivity index (χ4v) is 1.38. The lowest BCUT2D eigenvalue weighted by Crippen LogP contribution is -2.20. The van der Waals surface area contributed by atoms with Gasteiger partial charge in [0, 0.05) is 18.7 Å². The van der Waals surface area contributed by atoms with Crippen molar-refractivity contribution in [1.82, 2.24) is 0 Å². The maximum atomic E-state index is 11.4. The van der Waals surface area contributed by atoms with Crippen LogP contribution in [0, 0.1) is 10.1 Å². The van der Waals surface area contributed by atoms with Crippen molar-refractivity contribution in [2.45, 2.75) is 0 Å². The first-order valence-corrected chi connectivity index (χ1v) is 5.44. The minimum atomic E-state index is -0.568. The first-order chi connectivity index (χ1) is 8.54. The van der Waals surface area contributed by atoms with E-state index < -0.39 is 10.8 Å². The Morgan fingerprint density at radius 3 is 2.83 bits per heavy atom. The number of nitro benzene ring substituents is 1. The van der Waals surface area contributed by atoms with Gasteiger partial charge in [-0.05, 0) is 6.07 Å². The number of amides is 1. The second-order valence-corrected chi connectivity index (χ2v) is 3.72. The molecule has 0 bridgehead atoms. The second-order valence-electron chi connectivity index (χ2n) is 3.31. The summed E-state index contributed by atoms with van der Waals surface area (Å²) >= 11 is 5.80. The van der Waals surface area contributed by atoms with E-state index in [0.29, 0.717) is 12.2 Å². The van der Waals surface area contributed by atoms with Crippen LogP contribution >= 0.6 is 11.6 Å². The number of nitrogens with zero attached hydrogens (tertiary/aromatic N) is 1. The number of carbonyl (C=O) groups is 1. The van der Waals surface area contributed by atoms with Crippen LogP contribution in [0.5, 0.6) is 0 Å². The van der Waals surface area contributed by atoms with Gasteiger partial charge in [-0.15, -0.1) is 0 Å². The highest BCUT2D eigenvalue weighted by molar-refractivity contribution is 6.33. The predicted octanol–water partition coefficient (Wildman–Crippen LogP) is 1.16. The molecule has 0 spiro atoms. The second kappa shape index (κ2) is 6.90. The van der Waals surface area contributed by atoms with E-state index in [4.69, 9.17) is 22.1 Å². The van der Waals surface area contributed by atoms with Crippen molar-refractivity contribution in [2.75, 3.05) is 25.1 Å². The number of anilines is 1. The van der Waals surface area contributed by atoms with E-state index in [2.05, 4.69) is 5.32 Å². The molecule has 1 rings (SSSR count). The highest BCUT2D eigenvalue weighted by Crippen LogP contribution is 2.26. The van der Waals surface area contributed by atoms with Crippen LogP contribution in [0.1, 0.15) is 0 Å². The molecular formula is C10H12ClN3O4. The van der Waals surface area contributed by atoms with E-state index >= 15 is 0 Å². The van der Waals surface area contributed by atoms with Gasteiger partial charge in [0.1, 0.15) is 6.61 Å². The molecule has 0 unspecified atom stereocenters. The van der Waals surface area contributed by atoms with Crippen molar-refractivity contribution < 1.29 is 14.5 Å². The average Bonchev–Trinajstić information content (AvgIpc) is 2.32. The summed E-state index contributed by atoms with van der Waals surface area (Å²) < 4.78 is 4.93. The van der Waals surface area contributed by atoms with Gasteiger partial charge in [-0.1, -0.05) is 11.6 Å². The van der Waals surface area contributed by atoms with Crippen LogP contribution < -0.4 is 11.1 Å². The van der Waals surface area contributed by atoms with Crippen LogP contribution in [0.15, 0.2) is 18.2 Å². The maximum Gasteiger partial charge on any atom is 0.271 e. The zero-order valence-electron chi connectivity index (χ0n) is 9.39. The number of hydrogen-bond donors (Lipinski definition) is 2. The van der Waals surface area contributed by atoms with Gasteiger partial charge in [0.15, 0.2) is 0 Å². The number of non-ortho nitro benzene ring substituents is 1. The first-order valence-electron chi connectivity index (χ1n) is 5.06. The molecule has 8 heteroatoms. The van der Waals surface area contributed by atoms with Gasteiger partial charge in [-0.2, -0.15) is 0 Å². The molecule has 0 radical (unpaired) electrons. The van der Waals surface area contributed by atoms with Crippen LogP contribution in [-0.2, 0) is 9.53 Å². The molecule has 18 heavy (non-hydrogen) atoms. The molecule has 0 saturated heterocycles. The van der Waals surface area contributed by atoms with Crippen molar-refractivity contribution in [3.63, 3.8) is 0 Å². The summed E-state index contributed by atoms with van der Waals surface area (Å²) in [6.07, 6.45) is 0. The molecule has 0 aromatic heterocycles. The minimum absolute atomic E-state index is 0.0939. The van der Waals surface area contributed by atoms with Crippen LogP contribution in [0.4, 0.5) is 11.4 Å². The summed E-state index contributed by atoms with van der Waals surface area (Å²) in [4.78, 5) is 21.3. The molecule has 0 aliphatic carbocycles. The van der Waals surface area contributed by atoms with E-state index in [-0.39, 0.29) is 23.9 Å². The molecule has 0 saturated carbocycles. The first kappa shape index (κ1) is 14.4. The Kier molecular flexibility index (Phi) is 5.50. The Balaban J connectivity index is 2.62.